The lowest BCUT2D eigenvalue weighted by Crippen LogP contribution is -2.54. The largest absolute Gasteiger partial charge is 0.455 e. The van der Waals surface area contributed by atoms with E-state index < -0.39 is 29.5 Å². The van der Waals surface area contributed by atoms with Crippen LogP contribution in [0.3, 0.4) is 0 Å². The van der Waals surface area contributed by atoms with Gasteiger partial charge in [-0.1, -0.05) is 12.1 Å². The summed E-state index contributed by atoms with van der Waals surface area (Å²) in [5.41, 5.74) is -0.279. The number of benzene rings is 1. The molecule has 0 aliphatic carbocycles. The molecule has 1 aliphatic rings. The Morgan fingerprint density at radius 1 is 1.26 bits per heavy atom. The zero-order valence-corrected chi connectivity index (χ0v) is 9.75. The van der Waals surface area contributed by atoms with Gasteiger partial charge in [-0.3, -0.25) is 10.1 Å². The van der Waals surface area contributed by atoms with Gasteiger partial charge in [0, 0.05) is 6.07 Å². The molecule has 0 unspecified atom stereocenters. The maximum Gasteiger partial charge on any atom is 0.311 e. The van der Waals surface area contributed by atoms with Crippen LogP contribution in [0.2, 0.25) is 0 Å². The first kappa shape index (κ1) is 13.7. The van der Waals surface area contributed by atoms with Crippen LogP contribution in [0.15, 0.2) is 24.3 Å². The molecule has 1 aromatic carbocycles. The van der Waals surface area contributed by atoms with Crippen molar-refractivity contribution < 1.29 is 29.7 Å². The quantitative estimate of drug-likeness (QED) is 0.496. The second-order valence-corrected chi connectivity index (χ2v) is 4.09. The van der Waals surface area contributed by atoms with Crippen LogP contribution in [0.4, 0.5) is 5.69 Å². The average molecular weight is 271 g/mol. The molecular formula is C11H13NO7. The summed E-state index contributed by atoms with van der Waals surface area (Å²) < 4.78 is 10.2. The van der Waals surface area contributed by atoms with Crippen LogP contribution in [0.25, 0.3) is 0 Å². The van der Waals surface area contributed by atoms with Crippen molar-refractivity contribution >= 4 is 5.69 Å². The van der Waals surface area contributed by atoms with Gasteiger partial charge in [0.1, 0.15) is 18.3 Å². The maximum atomic E-state index is 10.8. The molecule has 1 saturated heterocycles. The Bertz CT molecular complexity index is 466. The number of hydrogen-bond acceptors (Lipinski definition) is 7. The molecule has 1 fully saturated rings. The lowest BCUT2D eigenvalue weighted by molar-refractivity contribution is -0.386. The number of aliphatic hydroxyl groups excluding tert-OH is 3. The summed E-state index contributed by atoms with van der Waals surface area (Å²) in [6, 6.07) is 5.60. The van der Waals surface area contributed by atoms with E-state index in [0.717, 1.165) is 0 Å². The highest BCUT2D eigenvalue weighted by molar-refractivity contribution is 5.45. The van der Waals surface area contributed by atoms with Crippen LogP contribution >= 0.6 is 0 Å². The molecule has 8 nitrogen and oxygen atoms in total. The SMILES string of the molecule is O=[N+]([O-])c1ccccc1O[C@@H]1OC[C@@H](O)[C@H](O)[C@H]1O. The van der Waals surface area contributed by atoms with Gasteiger partial charge in [-0.25, -0.2) is 0 Å². The molecule has 1 heterocycles. The fourth-order valence-electron chi connectivity index (χ4n) is 1.72. The number of aliphatic hydroxyl groups is 3. The number of rotatable bonds is 3. The first-order valence-corrected chi connectivity index (χ1v) is 5.56. The molecule has 0 radical (unpaired) electrons. The first-order chi connectivity index (χ1) is 9.00. The van der Waals surface area contributed by atoms with Crippen molar-refractivity contribution in [2.75, 3.05) is 6.61 Å². The zero-order chi connectivity index (χ0) is 14.0. The maximum absolute atomic E-state index is 10.8. The topological polar surface area (TPSA) is 122 Å². The Hall–Kier alpha value is -1.74. The van der Waals surface area contributed by atoms with Crippen LogP contribution in [-0.4, -0.2) is 51.5 Å². The van der Waals surface area contributed by atoms with E-state index >= 15 is 0 Å². The molecule has 104 valence electrons. The summed E-state index contributed by atoms with van der Waals surface area (Å²) in [4.78, 5) is 10.2. The molecule has 3 N–H and O–H groups in total. The summed E-state index contributed by atoms with van der Waals surface area (Å²) in [5.74, 6) is -0.0832. The van der Waals surface area contributed by atoms with Gasteiger partial charge in [-0.05, 0) is 6.07 Å². The van der Waals surface area contributed by atoms with Gasteiger partial charge in [0.2, 0.25) is 6.29 Å². The molecule has 0 spiro atoms. The standard InChI is InChI=1S/C11H13NO7/c13-7-5-18-11(10(15)9(7)14)19-8-4-2-1-3-6(8)12(16)17/h1-4,7,9-11,13-15H,5H2/t7-,9+,10-,11+/m1/s1. The molecule has 19 heavy (non-hydrogen) atoms. The molecule has 4 atom stereocenters. The van der Waals surface area contributed by atoms with Crippen molar-refractivity contribution in [3.8, 4) is 5.75 Å². The third-order valence-electron chi connectivity index (χ3n) is 2.76. The van der Waals surface area contributed by atoms with Gasteiger partial charge in [0.05, 0.1) is 11.5 Å². The lowest BCUT2D eigenvalue weighted by atomic mass is 10.1. The van der Waals surface area contributed by atoms with Crippen molar-refractivity contribution in [1.82, 2.24) is 0 Å². The van der Waals surface area contributed by atoms with E-state index in [0.29, 0.717) is 0 Å². The highest BCUT2D eigenvalue weighted by atomic mass is 16.7. The molecule has 1 aliphatic heterocycles. The van der Waals surface area contributed by atoms with E-state index in [-0.39, 0.29) is 18.0 Å². The van der Waals surface area contributed by atoms with E-state index in [1.54, 1.807) is 0 Å². The van der Waals surface area contributed by atoms with Gasteiger partial charge >= 0.3 is 5.69 Å². The summed E-state index contributed by atoms with van der Waals surface area (Å²) in [6.07, 6.45) is -5.43. The van der Waals surface area contributed by atoms with Crippen molar-refractivity contribution in [2.45, 2.75) is 24.6 Å². The second kappa shape index (κ2) is 5.49. The third kappa shape index (κ3) is 2.82. The third-order valence-corrected chi connectivity index (χ3v) is 2.76. The normalized spacial score (nSPS) is 30.9. The lowest BCUT2D eigenvalue weighted by Gasteiger charge is -2.34. The fraction of sp³-hybridized carbons (Fsp3) is 0.455. The monoisotopic (exact) mass is 271 g/mol. The van der Waals surface area contributed by atoms with Crippen LogP contribution < -0.4 is 4.74 Å². The molecule has 0 saturated carbocycles. The van der Waals surface area contributed by atoms with E-state index in [2.05, 4.69) is 0 Å². The highest BCUT2D eigenvalue weighted by Crippen LogP contribution is 2.29. The van der Waals surface area contributed by atoms with Gasteiger partial charge in [0.25, 0.3) is 0 Å². The van der Waals surface area contributed by atoms with Gasteiger partial charge in [-0.2, -0.15) is 0 Å². The van der Waals surface area contributed by atoms with Crippen LogP contribution in [0.5, 0.6) is 5.75 Å². The van der Waals surface area contributed by atoms with Gasteiger partial charge < -0.3 is 24.8 Å². The van der Waals surface area contributed by atoms with Crippen LogP contribution in [0.1, 0.15) is 0 Å². The number of nitro groups is 1. The van der Waals surface area contributed by atoms with Crippen molar-refractivity contribution in [1.29, 1.82) is 0 Å². The van der Waals surface area contributed by atoms with E-state index in [1.807, 2.05) is 0 Å². The van der Waals surface area contributed by atoms with Crippen molar-refractivity contribution in [2.24, 2.45) is 0 Å². The van der Waals surface area contributed by atoms with Gasteiger partial charge in [-0.15, -0.1) is 0 Å². The van der Waals surface area contributed by atoms with E-state index in [9.17, 15) is 25.4 Å². The Labute approximate surface area is 108 Å². The van der Waals surface area contributed by atoms with E-state index in [1.165, 1.54) is 24.3 Å². The smallest absolute Gasteiger partial charge is 0.311 e. The van der Waals surface area contributed by atoms with Crippen LogP contribution in [-0.2, 0) is 4.74 Å². The Balaban J connectivity index is 2.15. The van der Waals surface area contributed by atoms with Crippen molar-refractivity contribution in [3.63, 3.8) is 0 Å². The molecule has 0 aromatic heterocycles. The summed E-state index contributed by atoms with van der Waals surface area (Å²) in [6.45, 7) is -0.233. The molecule has 1 aromatic rings. The number of para-hydroxylation sites is 2. The molecule has 0 bridgehead atoms. The number of hydrogen-bond donors (Lipinski definition) is 3. The minimum absolute atomic E-state index is 0.0832. The molecular weight excluding hydrogens is 258 g/mol. The zero-order valence-electron chi connectivity index (χ0n) is 9.75. The van der Waals surface area contributed by atoms with Crippen LogP contribution in [0, 0.1) is 10.1 Å². The molecule has 8 heteroatoms. The Kier molecular flexibility index (Phi) is 3.96. The Morgan fingerprint density at radius 2 is 1.95 bits per heavy atom. The number of nitro benzene ring substituents is 1. The average Bonchev–Trinajstić information content (AvgIpc) is 2.40. The number of nitrogens with zero attached hydrogens (tertiary/aromatic N) is 1. The minimum atomic E-state index is -1.50. The second-order valence-electron chi connectivity index (χ2n) is 4.09. The highest BCUT2D eigenvalue weighted by Gasteiger charge is 2.39. The minimum Gasteiger partial charge on any atom is -0.455 e. The molecule has 2 rings (SSSR count). The predicted octanol–water partition coefficient (Wildman–Crippen LogP) is -0.587. The predicted molar refractivity (Wildman–Crippen MR) is 61.5 cm³/mol. The van der Waals surface area contributed by atoms with Crippen molar-refractivity contribution in [3.05, 3.63) is 34.4 Å². The van der Waals surface area contributed by atoms with Gasteiger partial charge in [0.15, 0.2) is 5.75 Å². The van der Waals surface area contributed by atoms with E-state index in [4.69, 9.17) is 9.47 Å². The Morgan fingerprint density at radius 3 is 2.63 bits per heavy atom. The fourth-order valence-corrected chi connectivity index (χ4v) is 1.72. The molecule has 0 amide bonds. The summed E-state index contributed by atoms with van der Waals surface area (Å²) >= 11 is 0. The summed E-state index contributed by atoms with van der Waals surface area (Å²) in [5, 5.41) is 39.2. The number of ether oxygens (including phenoxy) is 2. The summed E-state index contributed by atoms with van der Waals surface area (Å²) in [7, 11) is 0. The first-order valence-electron chi connectivity index (χ1n) is 5.56.